The molecule has 1 aliphatic carbocycles. The number of para-hydroxylation sites is 1. The highest BCUT2D eigenvalue weighted by molar-refractivity contribution is 6.33. The summed E-state index contributed by atoms with van der Waals surface area (Å²) in [6.07, 6.45) is 6.12. The Balaban J connectivity index is 1.32. The van der Waals surface area contributed by atoms with Gasteiger partial charge in [0.15, 0.2) is 6.61 Å². The van der Waals surface area contributed by atoms with E-state index in [9.17, 15) is 4.79 Å². The fourth-order valence-electron chi connectivity index (χ4n) is 3.86. The number of aryl methyl sites for hydroxylation is 1. The number of ether oxygens (including phenoxy) is 1. The number of hydrogen-bond acceptors (Lipinski definition) is 4. The number of anilines is 1. The lowest BCUT2D eigenvalue weighted by Crippen LogP contribution is -2.50. The van der Waals surface area contributed by atoms with Crippen LogP contribution in [0.3, 0.4) is 0 Å². The standard InChI is InChI=1S/C21H24ClN3O2/c22-17-6-2-4-8-19(17)24-11-13-25(14-12-24)21(26)15-27-20-9-10-23-18-7-3-1-5-16(18)20/h2,4,6,8-10H,1,3,5,7,11-15H2. The highest BCUT2D eigenvalue weighted by Gasteiger charge is 2.23. The first kappa shape index (κ1) is 18.1. The molecule has 1 saturated heterocycles. The van der Waals surface area contributed by atoms with Crippen LogP contribution < -0.4 is 9.64 Å². The molecule has 1 amide bonds. The molecule has 5 nitrogen and oxygen atoms in total. The Hall–Kier alpha value is -2.27. The normalized spacial score (nSPS) is 16.8. The fraction of sp³-hybridized carbons (Fsp3) is 0.429. The summed E-state index contributed by atoms with van der Waals surface area (Å²) in [5, 5.41) is 0.753. The molecule has 1 aliphatic heterocycles. The summed E-state index contributed by atoms with van der Waals surface area (Å²) in [6.45, 7) is 3.01. The van der Waals surface area contributed by atoms with Gasteiger partial charge in [-0.2, -0.15) is 0 Å². The van der Waals surface area contributed by atoms with E-state index in [1.165, 1.54) is 12.0 Å². The largest absolute Gasteiger partial charge is 0.483 e. The van der Waals surface area contributed by atoms with Crippen LogP contribution in [0.5, 0.6) is 5.75 Å². The van der Waals surface area contributed by atoms with Crippen LogP contribution in [0.2, 0.25) is 5.02 Å². The maximum atomic E-state index is 12.6. The highest BCUT2D eigenvalue weighted by atomic mass is 35.5. The van der Waals surface area contributed by atoms with Gasteiger partial charge in [0, 0.05) is 43.6 Å². The predicted octanol–water partition coefficient (Wildman–Crippen LogP) is 3.34. The average Bonchev–Trinajstić information content (AvgIpc) is 2.72. The molecular formula is C21H24ClN3O2. The summed E-state index contributed by atoms with van der Waals surface area (Å²) >= 11 is 6.28. The van der Waals surface area contributed by atoms with E-state index in [2.05, 4.69) is 9.88 Å². The predicted molar refractivity (Wildman–Crippen MR) is 107 cm³/mol. The van der Waals surface area contributed by atoms with E-state index in [1.54, 1.807) is 6.20 Å². The van der Waals surface area contributed by atoms with Crippen molar-refractivity contribution in [3.05, 3.63) is 52.8 Å². The van der Waals surface area contributed by atoms with Gasteiger partial charge in [-0.3, -0.25) is 9.78 Å². The number of piperazine rings is 1. The zero-order valence-electron chi connectivity index (χ0n) is 15.4. The Labute approximate surface area is 164 Å². The van der Waals surface area contributed by atoms with Gasteiger partial charge in [0.25, 0.3) is 5.91 Å². The molecule has 1 aromatic carbocycles. The molecule has 1 aromatic heterocycles. The second kappa shape index (κ2) is 8.17. The topological polar surface area (TPSA) is 45.7 Å². The maximum absolute atomic E-state index is 12.6. The molecule has 0 bridgehead atoms. The summed E-state index contributed by atoms with van der Waals surface area (Å²) in [4.78, 5) is 21.1. The molecule has 0 radical (unpaired) electrons. The van der Waals surface area contributed by atoms with E-state index in [1.807, 2.05) is 35.2 Å². The Morgan fingerprint density at radius 3 is 2.67 bits per heavy atom. The number of nitrogens with zero attached hydrogens (tertiary/aromatic N) is 3. The van der Waals surface area contributed by atoms with Crippen molar-refractivity contribution in [2.75, 3.05) is 37.7 Å². The molecule has 6 heteroatoms. The summed E-state index contributed by atoms with van der Waals surface area (Å²) in [5.74, 6) is 0.859. The van der Waals surface area contributed by atoms with Gasteiger partial charge in [-0.25, -0.2) is 0 Å². The smallest absolute Gasteiger partial charge is 0.260 e. The van der Waals surface area contributed by atoms with E-state index in [-0.39, 0.29) is 12.5 Å². The van der Waals surface area contributed by atoms with Gasteiger partial charge in [0.2, 0.25) is 0 Å². The van der Waals surface area contributed by atoms with Gasteiger partial charge in [0.05, 0.1) is 10.7 Å². The molecule has 1 fully saturated rings. The molecule has 0 unspecified atom stereocenters. The van der Waals surface area contributed by atoms with Gasteiger partial charge in [-0.1, -0.05) is 23.7 Å². The molecule has 0 N–H and O–H groups in total. The van der Waals surface area contributed by atoms with E-state index < -0.39 is 0 Å². The van der Waals surface area contributed by atoms with E-state index in [0.717, 1.165) is 54.5 Å². The van der Waals surface area contributed by atoms with Crippen LogP contribution in [-0.2, 0) is 17.6 Å². The van der Waals surface area contributed by atoms with Crippen LogP contribution in [-0.4, -0.2) is 48.6 Å². The third-order valence-corrected chi connectivity index (χ3v) is 5.69. The monoisotopic (exact) mass is 385 g/mol. The van der Waals surface area contributed by atoms with Gasteiger partial charge in [0.1, 0.15) is 5.75 Å². The van der Waals surface area contributed by atoms with Crippen LogP contribution in [0.15, 0.2) is 36.5 Å². The van der Waals surface area contributed by atoms with Gasteiger partial charge in [-0.05, 0) is 43.9 Å². The molecule has 142 valence electrons. The van der Waals surface area contributed by atoms with Gasteiger partial charge >= 0.3 is 0 Å². The Kier molecular flexibility index (Phi) is 5.48. The summed E-state index contributed by atoms with van der Waals surface area (Å²) in [7, 11) is 0. The Morgan fingerprint density at radius 2 is 1.85 bits per heavy atom. The molecule has 4 rings (SSSR count). The number of carbonyl (C=O) groups excluding carboxylic acids is 1. The average molecular weight is 386 g/mol. The number of hydrogen-bond donors (Lipinski definition) is 0. The third-order valence-electron chi connectivity index (χ3n) is 5.37. The van der Waals surface area contributed by atoms with Crippen molar-refractivity contribution in [3.8, 4) is 5.75 Å². The van der Waals surface area contributed by atoms with Crippen LogP contribution >= 0.6 is 11.6 Å². The fourth-order valence-corrected chi connectivity index (χ4v) is 4.12. The number of pyridine rings is 1. The SMILES string of the molecule is O=C(COc1ccnc2c1CCCC2)N1CCN(c2ccccc2Cl)CC1. The molecule has 2 aliphatic rings. The number of aromatic nitrogens is 1. The third kappa shape index (κ3) is 4.03. The van der Waals surface area contributed by atoms with Crippen LogP contribution in [0, 0.1) is 0 Å². The highest BCUT2D eigenvalue weighted by Crippen LogP contribution is 2.28. The van der Waals surface area contributed by atoms with Crippen molar-refractivity contribution in [2.24, 2.45) is 0 Å². The van der Waals surface area contributed by atoms with Crippen molar-refractivity contribution >= 4 is 23.2 Å². The lowest BCUT2D eigenvalue weighted by atomic mass is 9.95. The number of fused-ring (bicyclic) bond motifs is 1. The molecule has 27 heavy (non-hydrogen) atoms. The van der Waals surface area contributed by atoms with Crippen molar-refractivity contribution < 1.29 is 9.53 Å². The quantitative estimate of drug-likeness (QED) is 0.809. The minimum Gasteiger partial charge on any atom is -0.483 e. The molecule has 2 heterocycles. The number of benzene rings is 1. The number of halogens is 1. The summed E-state index contributed by atoms with van der Waals surface area (Å²) in [5.41, 5.74) is 3.34. The van der Waals surface area contributed by atoms with E-state index >= 15 is 0 Å². The number of amides is 1. The molecule has 0 spiro atoms. The van der Waals surface area contributed by atoms with Crippen molar-refractivity contribution in [3.63, 3.8) is 0 Å². The zero-order valence-corrected chi connectivity index (χ0v) is 16.1. The Bertz CT molecular complexity index is 819. The minimum atomic E-state index is 0.0372. The Morgan fingerprint density at radius 1 is 1.07 bits per heavy atom. The van der Waals surface area contributed by atoms with Crippen molar-refractivity contribution in [1.29, 1.82) is 0 Å². The van der Waals surface area contributed by atoms with Crippen LogP contribution in [0.1, 0.15) is 24.1 Å². The lowest BCUT2D eigenvalue weighted by molar-refractivity contribution is -0.133. The van der Waals surface area contributed by atoms with Gasteiger partial charge in [-0.15, -0.1) is 0 Å². The summed E-state index contributed by atoms with van der Waals surface area (Å²) in [6, 6.07) is 9.72. The van der Waals surface area contributed by atoms with Crippen LogP contribution in [0.25, 0.3) is 0 Å². The molecular weight excluding hydrogens is 362 g/mol. The van der Waals surface area contributed by atoms with Crippen LogP contribution in [0.4, 0.5) is 5.69 Å². The number of carbonyl (C=O) groups is 1. The van der Waals surface area contributed by atoms with E-state index in [0.29, 0.717) is 13.1 Å². The first-order valence-corrected chi connectivity index (χ1v) is 9.97. The zero-order chi connectivity index (χ0) is 18.6. The lowest BCUT2D eigenvalue weighted by Gasteiger charge is -2.36. The first-order valence-electron chi connectivity index (χ1n) is 9.59. The summed E-state index contributed by atoms with van der Waals surface area (Å²) < 4.78 is 5.88. The molecule has 0 atom stereocenters. The second-order valence-corrected chi connectivity index (χ2v) is 7.46. The maximum Gasteiger partial charge on any atom is 0.260 e. The van der Waals surface area contributed by atoms with E-state index in [4.69, 9.17) is 16.3 Å². The first-order chi connectivity index (χ1) is 13.2. The molecule has 0 saturated carbocycles. The second-order valence-electron chi connectivity index (χ2n) is 7.05. The van der Waals surface area contributed by atoms with Crippen molar-refractivity contribution in [1.82, 2.24) is 9.88 Å². The van der Waals surface area contributed by atoms with Crippen molar-refractivity contribution in [2.45, 2.75) is 25.7 Å². The van der Waals surface area contributed by atoms with Gasteiger partial charge < -0.3 is 14.5 Å². The number of rotatable bonds is 4. The molecule has 2 aromatic rings. The minimum absolute atomic E-state index is 0.0372.